The van der Waals surface area contributed by atoms with Gasteiger partial charge < -0.3 is 4.74 Å². The summed E-state index contributed by atoms with van der Waals surface area (Å²) in [6, 6.07) is 10.3. The van der Waals surface area contributed by atoms with Gasteiger partial charge in [0.15, 0.2) is 5.78 Å². The van der Waals surface area contributed by atoms with E-state index in [1.54, 1.807) is 30.3 Å². The number of sulfonamides is 1. The van der Waals surface area contributed by atoms with Gasteiger partial charge in [-0.05, 0) is 61.7 Å². The lowest BCUT2D eigenvalue weighted by Gasteiger charge is -2.21. The van der Waals surface area contributed by atoms with Crippen LogP contribution in [-0.2, 0) is 16.4 Å². The van der Waals surface area contributed by atoms with Gasteiger partial charge >= 0.3 is 0 Å². The summed E-state index contributed by atoms with van der Waals surface area (Å²) >= 11 is 0. The summed E-state index contributed by atoms with van der Waals surface area (Å²) in [5.41, 5.74) is 2.95. The fourth-order valence-corrected chi connectivity index (χ4v) is 4.69. The van der Waals surface area contributed by atoms with Crippen LogP contribution in [0.25, 0.3) is 0 Å². The minimum atomic E-state index is -3.73. The van der Waals surface area contributed by atoms with E-state index in [2.05, 4.69) is 0 Å². The predicted molar refractivity (Wildman–Crippen MR) is 92.4 cm³/mol. The van der Waals surface area contributed by atoms with E-state index in [-0.39, 0.29) is 10.7 Å². The predicted octanol–water partition coefficient (Wildman–Crippen LogP) is 2.96. The fraction of sp³-hybridized carbons (Fsp3) is 0.278. The molecule has 0 saturated carbocycles. The minimum absolute atomic E-state index is 0.0283. The van der Waals surface area contributed by atoms with Crippen LogP contribution in [0, 0.1) is 6.92 Å². The molecule has 5 nitrogen and oxygen atoms in total. The van der Waals surface area contributed by atoms with Gasteiger partial charge in [-0.25, -0.2) is 8.42 Å². The smallest absolute Gasteiger partial charge is 0.268 e. The average Bonchev–Trinajstić information content (AvgIpc) is 2.98. The van der Waals surface area contributed by atoms with Crippen molar-refractivity contribution >= 4 is 21.5 Å². The Balaban J connectivity index is 2.09. The number of benzene rings is 2. The summed E-state index contributed by atoms with van der Waals surface area (Å²) in [6.07, 6.45) is 0.587. The van der Waals surface area contributed by atoms with E-state index in [9.17, 15) is 13.2 Å². The number of anilines is 1. The number of nitrogens with zero attached hydrogens (tertiary/aromatic N) is 1. The summed E-state index contributed by atoms with van der Waals surface area (Å²) in [5, 5.41) is 0. The zero-order valence-corrected chi connectivity index (χ0v) is 14.7. The van der Waals surface area contributed by atoms with Crippen LogP contribution in [0.1, 0.15) is 28.4 Å². The number of aryl methyl sites for hydroxylation is 1. The van der Waals surface area contributed by atoms with Crippen LogP contribution in [0.4, 0.5) is 5.69 Å². The molecular weight excluding hydrogens is 326 g/mol. The molecule has 0 aromatic heterocycles. The largest absolute Gasteiger partial charge is 0.495 e. The lowest BCUT2D eigenvalue weighted by molar-refractivity contribution is 0.101. The van der Waals surface area contributed by atoms with E-state index in [1.807, 2.05) is 13.0 Å². The summed E-state index contributed by atoms with van der Waals surface area (Å²) in [4.78, 5) is 11.7. The maximum absolute atomic E-state index is 13.1. The molecule has 0 radical (unpaired) electrons. The lowest BCUT2D eigenvalue weighted by atomic mass is 10.1. The second-order valence-electron chi connectivity index (χ2n) is 5.88. The highest BCUT2D eigenvalue weighted by molar-refractivity contribution is 7.93. The van der Waals surface area contributed by atoms with Crippen molar-refractivity contribution in [3.63, 3.8) is 0 Å². The summed E-state index contributed by atoms with van der Waals surface area (Å²) in [6.45, 7) is 3.70. The first-order valence-electron chi connectivity index (χ1n) is 7.66. The minimum Gasteiger partial charge on any atom is -0.495 e. The molecule has 0 aliphatic carbocycles. The molecule has 126 valence electrons. The Kier molecular flexibility index (Phi) is 4.09. The maximum atomic E-state index is 13.1. The Bertz CT molecular complexity index is 919. The molecule has 0 unspecified atom stereocenters. The van der Waals surface area contributed by atoms with E-state index in [0.717, 1.165) is 11.1 Å². The summed E-state index contributed by atoms with van der Waals surface area (Å²) < 4.78 is 32.9. The van der Waals surface area contributed by atoms with Crippen LogP contribution in [0.2, 0.25) is 0 Å². The molecular formula is C18H19NO4S. The normalized spacial score (nSPS) is 13.7. The molecule has 1 heterocycles. The van der Waals surface area contributed by atoms with Crippen molar-refractivity contribution in [2.24, 2.45) is 0 Å². The monoisotopic (exact) mass is 345 g/mol. The fourth-order valence-electron chi connectivity index (χ4n) is 2.94. The third kappa shape index (κ3) is 2.67. The van der Waals surface area contributed by atoms with Crippen LogP contribution in [-0.4, -0.2) is 27.9 Å². The van der Waals surface area contributed by atoms with Crippen molar-refractivity contribution in [1.29, 1.82) is 0 Å². The first kappa shape index (κ1) is 16.5. The van der Waals surface area contributed by atoms with Gasteiger partial charge in [-0.1, -0.05) is 6.07 Å². The molecule has 0 saturated heterocycles. The molecule has 1 aliphatic heterocycles. The van der Waals surface area contributed by atoms with Crippen molar-refractivity contribution in [3.8, 4) is 5.75 Å². The second kappa shape index (κ2) is 5.94. The third-order valence-electron chi connectivity index (χ3n) is 4.23. The molecule has 0 atom stereocenters. The molecule has 0 fully saturated rings. The SMILES string of the molecule is COc1ccc(C)cc1S(=O)(=O)N1CCc2cc(C(C)=O)ccc21. The van der Waals surface area contributed by atoms with E-state index >= 15 is 0 Å². The summed E-state index contributed by atoms with van der Waals surface area (Å²) in [5.74, 6) is 0.300. The molecule has 0 N–H and O–H groups in total. The van der Waals surface area contributed by atoms with Crippen molar-refractivity contribution in [2.75, 3.05) is 18.0 Å². The number of Topliss-reactive ketones (excluding diaryl/α,β-unsaturated/α-hetero) is 1. The molecule has 3 rings (SSSR count). The van der Waals surface area contributed by atoms with E-state index in [0.29, 0.717) is 30.0 Å². The lowest BCUT2D eigenvalue weighted by Crippen LogP contribution is -2.29. The maximum Gasteiger partial charge on any atom is 0.268 e. The zero-order valence-electron chi connectivity index (χ0n) is 13.9. The molecule has 2 aromatic carbocycles. The van der Waals surface area contributed by atoms with Crippen LogP contribution >= 0.6 is 0 Å². The van der Waals surface area contributed by atoms with Crippen molar-refractivity contribution < 1.29 is 17.9 Å². The Labute approximate surface area is 141 Å². The van der Waals surface area contributed by atoms with Gasteiger partial charge in [0.25, 0.3) is 10.0 Å². The number of hydrogen-bond acceptors (Lipinski definition) is 4. The van der Waals surface area contributed by atoms with E-state index in [1.165, 1.54) is 18.3 Å². The standard InChI is InChI=1S/C18H19NO4S/c1-12-4-7-17(23-3)18(10-12)24(21,22)19-9-8-15-11-14(13(2)20)5-6-16(15)19/h4-7,10-11H,8-9H2,1-3H3. The van der Waals surface area contributed by atoms with Gasteiger partial charge in [-0.2, -0.15) is 0 Å². The van der Waals surface area contributed by atoms with Crippen LogP contribution in [0.15, 0.2) is 41.3 Å². The number of fused-ring (bicyclic) bond motifs is 1. The number of ether oxygens (including phenoxy) is 1. The average molecular weight is 345 g/mol. The number of hydrogen-bond donors (Lipinski definition) is 0. The number of carbonyl (C=O) groups is 1. The molecule has 2 aromatic rings. The first-order chi connectivity index (χ1) is 11.3. The van der Waals surface area contributed by atoms with Crippen molar-refractivity contribution in [2.45, 2.75) is 25.2 Å². The number of methoxy groups -OCH3 is 1. The molecule has 1 aliphatic rings. The highest BCUT2D eigenvalue weighted by Crippen LogP contribution is 2.36. The Hall–Kier alpha value is -2.34. The number of carbonyl (C=O) groups excluding carboxylic acids is 1. The number of rotatable bonds is 4. The van der Waals surface area contributed by atoms with Crippen molar-refractivity contribution in [3.05, 3.63) is 53.1 Å². The van der Waals surface area contributed by atoms with Crippen LogP contribution in [0.3, 0.4) is 0 Å². The van der Waals surface area contributed by atoms with Crippen molar-refractivity contribution in [1.82, 2.24) is 0 Å². The van der Waals surface area contributed by atoms with Gasteiger partial charge in [0.05, 0.1) is 12.8 Å². The first-order valence-corrected chi connectivity index (χ1v) is 9.10. The highest BCUT2D eigenvalue weighted by Gasteiger charge is 2.33. The quantitative estimate of drug-likeness (QED) is 0.799. The molecule has 0 spiro atoms. The molecule has 6 heteroatoms. The van der Waals surface area contributed by atoms with Gasteiger partial charge in [-0.15, -0.1) is 0 Å². The number of ketones is 1. The molecule has 0 bridgehead atoms. The summed E-state index contributed by atoms with van der Waals surface area (Å²) in [7, 11) is -2.27. The Morgan fingerprint density at radius 3 is 2.58 bits per heavy atom. The van der Waals surface area contributed by atoms with E-state index in [4.69, 9.17) is 4.74 Å². The Morgan fingerprint density at radius 2 is 1.92 bits per heavy atom. The molecule has 0 amide bonds. The van der Waals surface area contributed by atoms with Gasteiger partial charge in [0.1, 0.15) is 10.6 Å². The second-order valence-corrected chi connectivity index (χ2v) is 7.71. The molecule has 24 heavy (non-hydrogen) atoms. The van der Waals surface area contributed by atoms with Crippen LogP contribution in [0.5, 0.6) is 5.75 Å². The topological polar surface area (TPSA) is 63.7 Å². The Morgan fingerprint density at radius 1 is 1.17 bits per heavy atom. The van der Waals surface area contributed by atoms with Gasteiger partial charge in [0.2, 0.25) is 0 Å². The highest BCUT2D eigenvalue weighted by atomic mass is 32.2. The van der Waals surface area contributed by atoms with Crippen LogP contribution < -0.4 is 9.04 Å². The van der Waals surface area contributed by atoms with Gasteiger partial charge in [-0.3, -0.25) is 9.10 Å². The van der Waals surface area contributed by atoms with Gasteiger partial charge in [0, 0.05) is 12.1 Å². The van der Waals surface area contributed by atoms with E-state index < -0.39 is 10.0 Å². The zero-order chi connectivity index (χ0) is 17.5. The third-order valence-corrected chi connectivity index (χ3v) is 6.06.